The molecule has 2 heterocycles. The summed E-state index contributed by atoms with van der Waals surface area (Å²) in [5.41, 5.74) is 6.59. The molecule has 0 spiro atoms. The molecular formula is C6H10N5+. The van der Waals surface area contributed by atoms with Gasteiger partial charge in [0.15, 0.2) is 11.5 Å². The van der Waals surface area contributed by atoms with Crippen molar-refractivity contribution in [2.24, 2.45) is 16.6 Å². The predicted octanol–water partition coefficient (Wildman–Crippen LogP) is -0.779. The van der Waals surface area contributed by atoms with E-state index < -0.39 is 0 Å². The minimum absolute atomic E-state index is 0.353. The second-order valence-electron chi connectivity index (χ2n) is 2.76. The third-order valence-electron chi connectivity index (χ3n) is 2.03. The van der Waals surface area contributed by atoms with Gasteiger partial charge in [-0.1, -0.05) is 0 Å². The maximum absolute atomic E-state index is 5.68. The molecule has 0 aromatic carbocycles. The van der Waals surface area contributed by atoms with Gasteiger partial charge in [-0.05, 0) is 0 Å². The van der Waals surface area contributed by atoms with Crippen molar-refractivity contribution in [1.29, 1.82) is 0 Å². The van der Waals surface area contributed by atoms with Gasteiger partial charge < -0.3 is 5.73 Å². The highest BCUT2D eigenvalue weighted by Crippen LogP contribution is 2.28. The molecule has 2 aliphatic heterocycles. The molecule has 11 heavy (non-hydrogen) atoms. The lowest BCUT2D eigenvalue weighted by Crippen LogP contribution is -2.55. The first-order valence-corrected chi connectivity index (χ1v) is 3.28. The summed E-state index contributed by atoms with van der Waals surface area (Å²) in [4.78, 5) is 3.99. The minimum atomic E-state index is 0.353. The van der Waals surface area contributed by atoms with Crippen molar-refractivity contribution in [3.63, 3.8) is 0 Å². The predicted molar refractivity (Wildman–Crippen MR) is 41.1 cm³/mol. The van der Waals surface area contributed by atoms with Crippen molar-refractivity contribution in [3.8, 4) is 0 Å². The first-order chi connectivity index (χ1) is 5.14. The molecule has 0 aromatic heterocycles. The molecule has 1 unspecified atom stereocenters. The molecule has 0 radical (unpaired) electrons. The molecule has 0 saturated heterocycles. The van der Waals surface area contributed by atoms with Gasteiger partial charge in [0.1, 0.15) is 7.05 Å². The Morgan fingerprint density at radius 1 is 1.64 bits per heavy atom. The van der Waals surface area contributed by atoms with Crippen molar-refractivity contribution in [2.75, 3.05) is 7.05 Å². The second kappa shape index (κ2) is 1.63. The maximum atomic E-state index is 5.68. The number of rotatable bonds is 0. The van der Waals surface area contributed by atoms with E-state index in [1.54, 1.807) is 12.5 Å². The zero-order valence-electron chi connectivity index (χ0n) is 6.23. The fourth-order valence-corrected chi connectivity index (χ4v) is 1.23. The molecule has 4 N–H and O–H groups in total. The summed E-state index contributed by atoms with van der Waals surface area (Å²) in [6.07, 6.45) is 5.29. The van der Waals surface area contributed by atoms with Gasteiger partial charge in [-0.3, -0.25) is 0 Å². The number of likely N-dealkylation sites (N-methyl/N-ethyl adjacent to an activating group) is 1. The Morgan fingerprint density at radius 2 is 2.36 bits per heavy atom. The average molecular weight is 152 g/mol. The molecule has 58 valence electrons. The summed E-state index contributed by atoms with van der Waals surface area (Å²) in [6.45, 7) is 0. The zero-order valence-corrected chi connectivity index (χ0v) is 6.23. The van der Waals surface area contributed by atoms with E-state index >= 15 is 0 Å². The Kier molecular flexibility index (Phi) is 0.948. The van der Waals surface area contributed by atoms with Crippen molar-refractivity contribution in [1.82, 2.24) is 5.12 Å². The number of allylic oxidation sites excluding steroid dienone is 1. The van der Waals surface area contributed by atoms with E-state index in [-0.39, 0.29) is 0 Å². The molecule has 0 aromatic rings. The third-order valence-corrected chi connectivity index (χ3v) is 2.03. The summed E-state index contributed by atoms with van der Waals surface area (Å²) in [7, 11) is 1.92. The molecule has 2 aliphatic rings. The zero-order chi connectivity index (χ0) is 8.06. The average Bonchev–Trinajstić information content (AvgIpc) is 2.39. The second-order valence-corrected chi connectivity index (χ2v) is 2.76. The van der Waals surface area contributed by atoms with Crippen LogP contribution in [0, 0.1) is 0 Å². The van der Waals surface area contributed by atoms with Crippen molar-refractivity contribution < 1.29 is 4.59 Å². The van der Waals surface area contributed by atoms with Gasteiger partial charge in [0.25, 0.3) is 0 Å². The Morgan fingerprint density at radius 3 is 3.00 bits per heavy atom. The van der Waals surface area contributed by atoms with Crippen LogP contribution in [-0.2, 0) is 0 Å². The highest BCUT2D eigenvalue weighted by molar-refractivity contribution is 5.55. The monoisotopic (exact) mass is 152 g/mol. The van der Waals surface area contributed by atoms with Crippen LogP contribution in [0.5, 0.6) is 0 Å². The van der Waals surface area contributed by atoms with Crippen molar-refractivity contribution in [3.05, 3.63) is 23.8 Å². The van der Waals surface area contributed by atoms with Crippen LogP contribution in [0.4, 0.5) is 0 Å². The summed E-state index contributed by atoms with van der Waals surface area (Å²) < 4.78 is 0.353. The van der Waals surface area contributed by atoms with E-state index in [0.717, 1.165) is 5.70 Å². The van der Waals surface area contributed by atoms with Gasteiger partial charge in [0.2, 0.25) is 6.34 Å². The Bertz CT molecular complexity index is 289. The number of quaternary nitrogens is 1. The van der Waals surface area contributed by atoms with Crippen molar-refractivity contribution in [2.45, 2.75) is 0 Å². The highest BCUT2D eigenvalue weighted by atomic mass is 15.9. The summed E-state index contributed by atoms with van der Waals surface area (Å²) in [6, 6.07) is 0. The number of hydrogen-bond donors (Lipinski definition) is 2. The molecule has 1 atom stereocenters. The number of hydrogen-bond acceptors (Lipinski definition) is 4. The molecule has 0 saturated carbocycles. The van der Waals surface area contributed by atoms with Gasteiger partial charge in [-0.2, -0.15) is 5.84 Å². The van der Waals surface area contributed by atoms with Crippen molar-refractivity contribution >= 4 is 6.34 Å². The van der Waals surface area contributed by atoms with Gasteiger partial charge in [-0.25, -0.2) is 4.99 Å². The Hall–Kier alpha value is -1.33. The van der Waals surface area contributed by atoms with Gasteiger partial charge in [0.05, 0.1) is 12.3 Å². The minimum Gasteiger partial charge on any atom is -0.380 e. The lowest BCUT2D eigenvalue weighted by atomic mass is 10.4. The number of aliphatic imine (C=N–C) groups is 1. The number of hydrazine groups is 1. The van der Waals surface area contributed by atoms with E-state index in [0.29, 0.717) is 10.4 Å². The first kappa shape index (κ1) is 6.38. The molecule has 5 heteroatoms. The van der Waals surface area contributed by atoms with Crippen LogP contribution in [0.25, 0.3) is 0 Å². The standard InChI is InChI=1S/C6H10N5/c1-11-4-9-3-5(11)2-6(7)10(11)8/h2-4H,7-8H2,1H3/q+1. The van der Waals surface area contributed by atoms with E-state index in [2.05, 4.69) is 4.99 Å². The van der Waals surface area contributed by atoms with Crippen LogP contribution in [0.3, 0.4) is 0 Å². The summed E-state index contributed by atoms with van der Waals surface area (Å²) in [5, 5.41) is 1.46. The third kappa shape index (κ3) is 0.585. The molecule has 0 fully saturated rings. The molecule has 0 aliphatic carbocycles. The molecule has 0 amide bonds. The van der Waals surface area contributed by atoms with Crippen LogP contribution in [0.15, 0.2) is 28.8 Å². The number of fused-ring (bicyclic) bond motifs is 1. The van der Waals surface area contributed by atoms with Gasteiger partial charge in [0, 0.05) is 0 Å². The van der Waals surface area contributed by atoms with Gasteiger partial charge in [-0.15, -0.1) is 9.71 Å². The highest BCUT2D eigenvalue weighted by Gasteiger charge is 2.41. The number of nitrogens with two attached hydrogens (primary N) is 2. The Balaban J connectivity index is 2.50. The van der Waals surface area contributed by atoms with Crippen LogP contribution in [0.1, 0.15) is 0 Å². The van der Waals surface area contributed by atoms with Crippen LogP contribution in [-0.4, -0.2) is 23.1 Å². The smallest absolute Gasteiger partial charge is 0.221 e. The summed E-state index contributed by atoms with van der Waals surface area (Å²) >= 11 is 0. The maximum Gasteiger partial charge on any atom is 0.221 e. The van der Waals surface area contributed by atoms with E-state index in [9.17, 15) is 0 Å². The topological polar surface area (TPSA) is 67.6 Å². The summed E-state index contributed by atoms with van der Waals surface area (Å²) in [5.74, 6) is 6.24. The van der Waals surface area contributed by atoms with E-state index in [1.165, 1.54) is 5.12 Å². The molecular weight excluding hydrogens is 142 g/mol. The lowest BCUT2D eigenvalue weighted by Gasteiger charge is -2.28. The van der Waals surface area contributed by atoms with Crippen LogP contribution >= 0.6 is 0 Å². The van der Waals surface area contributed by atoms with E-state index in [4.69, 9.17) is 11.6 Å². The Labute approximate surface area is 64.4 Å². The number of nitrogens with zero attached hydrogens (tertiary/aromatic N) is 3. The molecule has 5 nitrogen and oxygen atoms in total. The quantitative estimate of drug-likeness (QED) is 0.353. The SMILES string of the molecule is C[N+]12C=NC=C1C=C(N)N2N. The fourth-order valence-electron chi connectivity index (χ4n) is 1.23. The normalized spacial score (nSPS) is 33.8. The van der Waals surface area contributed by atoms with Crippen LogP contribution in [0.2, 0.25) is 0 Å². The first-order valence-electron chi connectivity index (χ1n) is 3.28. The van der Waals surface area contributed by atoms with E-state index in [1.807, 2.05) is 13.1 Å². The fraction of sp³-hybridized carbons (Fsp3) is 0.167. The largest absolute Gasteiger partial charge is 0.380 e. The van der Waals surface area contributed by atoms with Crippen LogP contribution < -0.4 is 11.6 Å². The molecule has 0 bridgehead atoms. The molecule has 2 rings (SSSR count). The van der Waals surface area contributed by atoms with Gasteiger partial charge >= 0.3 is 0 Å². The lowest BCUT2D eigenvalue weighted by molar-refractivity contribution is -0.887.